The van der Waals surface area contributed by atoms with Crippen LogP contribution in [-0.4, -0.2) is 15.0 Å². The number of nitrogens with zero attached hydrogens (tertiary/aromatic N) is 3. The Balaban J connectivity index is 2.07. The number of benzene rings is 1. The summed E-state index contributed by atoms with van der Waals surface area (Å²) < 4.78 is 5.67. The number of para-hydroxylation sites is 1. The van der Waals surface area contributed by atoms with Gasteiger partial charge in [-0.2, -0.15) is 0 Å². The van der Waals surface area contributed by atoms with E-state index >= 15 is 0 Å². The molecule has 6 heteroatoms. The van der Waals surface area contributed by atoms with Crippen LogP contribution in [0.4, 0.5) is 5.82 Å². The van der Waals surface area contributed by atoms with Crippen molar-refractivity contribution >= 4 is 28.3 Å². The average molecular weight is 273 g/mol. The number of anilines is 1. The van der Waals surface area contributed by atoms with Crippen molar-refractivity contribution in [2.75, 3.05) is 5.73 Å². The Morgan fingerprint density at radius 1 is 1.11 bits per heavy atom. The molecule has 0 radical (unpaired) electrons. The van der Waals surface area contributed by atoms with Gasteiger partial charge in [-0.1, -0.05) is 23.7 Å². The molecule has 0 saturated carbocycles. The van der Waals surface area contributed by atoms with Crippen molar-refractivity contribution in [2.24, 2.45) is 0 Å². The highest BCUT2D eigenvalue weighted by atomic mass is 35.5. The monoisotopic (exact) mass is 272 g/mol. The number of nitrogens with two attached hydrogens (primary N) is 1. The van der Waals surface area contributed by atoms with Gasteiger partial charge < -0.3 is 10.5 Å². The van der Waals surface area contributed by atoms with Crippen molar-refractivity contribution in [1.29, 1.82) is 0 Å². The number of pyridine rings is 1. The summed E-state index contributed by atoms with van der Waals surface area (Å²) in [7, 11) is 0. The zero-order chi connectivity index (χ0) is 13.2. The minimum Gasteiger partial charge on any atom is -0.437 e. The Labute approximate surface area is 114 Å². The molecule has 0 unspecified atom stereocenters. The molecule has 2 N–H and O–H groups in total. The first kappa shape index (κ1) is 11.7. The first-order valence-electron chi connectivity index (χ1n) is 5.53. The van der Waals surface area contributed by atoms with Crippen molar-refractivity contribution in [3.63, 3.8) is 0 Å². The van der Waals surface area contributed by atoms with Gasteiger partial charge >= 0.3 is 0 Å². The van der Waals surface area contributed by atoms with Crippen molar-refractivity contribution in [3.05, 3.63) is 47.9 Å². The van der Waals surface area contributed by atoms with Crippen LogP contribution >= 0.6 is 11.6 Å². The molecule has 3 aromatic rings. The summed E-state index contributed by atoms with van der Waals surface area (Å²) in [5, 5.41) is 1.25. The molecule has 3 rings (SSSR count). The molecule has 19 heavy (non-hydrogen) atoms. The number of halogens is 1. The fraction of sp³-hybridized carbons (Fsp3) is 0. The summed E-state index contributed by atoms with van der Waals surface area (Å²) >= 11 is 5.79. The minimum atomic E-state index is 0.317. The van der Waals surface area contributed by atoms with Crippen LogP contribution in [0.2, 0.25) is 5.15 Å². The molecule has 94 valence electrons. The second-order valence-electron chi connectivity index (χ2n) is 3.85. The van der Waals surface area contributed by atoms with E-state index in [0.29, 0.717) is 28.1 Å². The van der Waals surface area contributed by atoms with Crippen LogP contribution in [0, 0.1) is 0 Å². The summed E-state index contributed by atoms with van der Waals surface area (Å²) in [5.74, 6) is 1.36. The van der Waals surface area contributed by atoms with E-state index in [1.807, 2.05) is 18.2 Å². The van der Waals surface area contributed by atoms with Gasteiger partial charge in [0.15, 0.2) is 5.75 Å². The Morgan fingerprint density at radius 3 is 2.84 bits per heavy atom. The van der Waals surface area contributed by atoms with Crippen molar-refractivity contribution in [3.8, 4) is 11.6 Å². The number of fused-ring (bicyclic) bond motifs is 1. The number of hydrogen-bond acceptors (Lipinski definition) is 5. The standard InChI is InChI=1S/C13H9ClN4O/c14-10-6-12(17-7-16-10)19-9-3-1-2-8-4-5-11(15)18-13(8)9/h1-7H,(H2,15,18). The maximum Gasteiger partial charge on any atom is 0.223 e. The molecule has 2 aromatic heterocycles. The molecule has 0 spiro atoms. The van der Waals surface area contributed by atoms with Crippen LogP contribution in [-0.2, 0) is 0 Å². The number of rotatable bonds is 2. The van der Waals surface area contributed by atoms with Crippen molar-refractivity contribution < 1.29 is 4.74 Å². The van der Waals surface area contributed by atoms with Crippen LogP contribution in [0.1, 0.15) is 0 Å². The van der Waals surface area contributed by atoms with E-state index in [0.717, 1.165) is 5.39 Å². The summed E-state index contributed by atoms with van der Waals surface area (Å²) in [6.07, 6.45) is 1.34. The first-order valence-corrected chi connectivity index (χ1v) is 5.91. The highest BCUT2D eigenvalue weighted by Gasteiger charge is 2.06. The zero-order valence-corrected chi connectivity index (χ0v) is 10.5. The minimum absolute atomic E-state index is 0.317. The maximum absolute atomic E-state index is 5.79. The van der Waals surface area contributed by atoms with E-state index < -0.39 is 0 Å². The Kier molecular flexibility index (Phi) is 2.89. The summed E-state index contributed by atoms with van der Waals surface area (Å²) in [6, 6.07) is 10.8. The molecule has 0 aliphatic heterocycles. The second kappa shape index (κ2) is 4.70. The Morgan fingerprint density at radius 2 is 2.00 bits per heavy atom. The van der Waals surface area contributed by atoms with Gasteiger partial charge in [-0.3, -0.25) is 0 Å². The fourth-order valence-corrected chi connectivity index (χ4v) is 1.84. The van der Waals surface area contributed by atoms with Gasteiger partial charge in [0, 0.05) is 11.5 Å². The van der Waals surface area contributed by atoms with Crippen LogP contribution in [0.3, 0.4) is 0 Å². The number of ether oxygens (including phenoxy) is 1. The predicted molar refractivity (Wildman–Crippen MR) is 73.3 cm³/mol. The molecule has 1 aromatic carbocycles. The molecule has 0 aliphatic carbocycles. The van der Waals surface area contributed by atoms with Crippen molar-refractivity contribution in [1.82, 2.24) is 15.0 Å². The van der Waals surface area contributed by atoms with Crippen LogP contribution < -0.4 is 10.5 Å². The van der Waals surface area contributed by atoms with E-state index in [4.69, 9.17) is 22.1 Å². The molecular weight excluding hydrogens is 264 g/mol. The molecule has 5 nitrogen and oxygen atoms in total. The van der Waals surface area contributed by atoms with E-state index in [1.165, 1.54) is 12.4 Å². The lowest BCUT2D eigenvalue weighted by atomic mass is 10.2. The quantitative estimate of drug-likeness (QED) is 0.726. The molecule has 0 aliphatic rings. The maximum atomic E-state index is 5.79. The van der Waals surface area contributed by atoms with Gasteiger partial charge in [0.05, 0.1) is 0 Å². The third-order valence-electron chi connectivity index (χ3n) is 2.53. The van der Waals surface area contributed by atoms with Gasteiger partial charge in [-0.15, -0.1) is 0 Å². The topological polar surface area (TPSA) is 73.9 Å². The molecule has 0 atom stereocenters. The highest BCUT2D eigenvalue weighted by Crippen LogP contribution is 2.28. The van der Waals surface area contributed by atoms with E-state index in [-0.39, 0.29) is 0 Å². The van der Waals surface area contributed by atoms with Gasteiger partial charge in [0.25, 0.3) is 0 Å². The summed E-state index contributed by atoms with van der Waals surface area (Å²) in [5.41, 5.74) is 6.37. The lowest BCUT2D eigenvalue weighted by Gasteiger charge is -2.07. The lowest BCUT2D eigenvalue weighted by molar-refractivity contribution is 0.466. The molecule has 0 amide bonds. The largest absolute Gasteiger partial charge is 0.437 e. The summed E-state index contributed by atoms with van der Waals surface area (Å²) in [4.78, 5) is 12.1. The first-order chi connectivity index (χ1) is 9.22. The number of nitrogen functional groups attached to an aromatic ring is 1. The van der Waals surface area contributed by atoms with Gasteiger partial charge in [-0.05, 0) is 18.2 Å². The van der Waals surface area contributed by atoms with Gasteiger partial charge in [-0.25, -0.2) is 15.0 Å². The molecule has 0 bridgehead atoms. The van der Waals surface area contributed by atoms with Gasteiger partial charge in [0.2, 0.25) is 5.88 Å². The molecule has 0 fully saturated rings. The van der Waals surface area contributed by atoms with E-state index in [2.05, 4.69) is 15.0 Å². The zero-order valence-electron chi connectivity index (χ0n) is 9.75. The third-order valence-corrected chi connectivity index (χ3v) is 2.73. The molecular formula is C13H9ClN4O. The average Bonchev–Trinajstić information content (AvgIpc) is 2.39. The highest BCUT2D eigenvalue weighted by molar-refractivity contribution is 6.29. The lowest BCUT2D eigenvalue weighted by Crippen LogP contribution is -1.94. The van der Waals surface area contributed by atoms with Gasteiger partial charge in [0.1, 0.15) is 22.8 Å². The summed E-state index contributed by atoms with van der Waals surface area (Å²) in [6.45, 7) is 0. The van der Waals surface area contributed by atoms with E-state index in [9.17, 15) is 0 Å². The fourth-order valence-electron chi connectivity index (χ4n) is 1.70. The second-order valence-corrected chi connectivity index (χ2v) is 4.23. The smallest absolute Gasteiger partial charge is 0.223 e. The third kappa shape index (κ3) is 2.41. The van der Waals surface area contributed by atoms with Crippen LogP contribution in [0.5, 0.6) is 11.6 Å². The normalized spacial score (nSPS) is 10.6. The Hall–Kier alpha value is -2.40. The molecule has 2 heterocycles. The Bertz CT molecular complexity index is 748. The van der Waals surface area contributed by atoms with E-state index in [1.54, 1.807) is 12.1 Å². The predicted octanol–water partition coefficient (Wildman–Crippen LogP) is 3.05. The van der Waals surface area contributed by atoms with Crippen LogP contribution in [0.15, 0.2) is 42.7 Å². The number of aromatic nitrogens is 3. The SMILES string of the molecule is Nc1ccc2cccc(Oc3cc(Cl)ncn3)c2n1. The number of hydrogen-bond donors (Lipinski definition) is 1. The van der Waals surface area contributed by atoms with Crippen molar-refractivity contribution in [2.45, 2.75) is 0 Å². The van der Waals surface area contributed by atoms with Crippen LogP contribution in [0.25, 0.3) is 10.9 Å². The molecule has 0 saturated heterocycles.